The first kappa shape index (κ1) is 17.3. The number of terminal acetylenes is 1. The zero-order valence-corrected chi connectivity index (χ0v) is 14.1. The maximum atomic E-state index is 12.4. The van der Waals surface area contributed by atoms with Crippen molar-refractivity contribution >= 4 is 23.1 Å². The Morgan fingerprint density at radius 1 is 1.12 bits per heavy atom. The second-order valence-electron chi connectivity index (χ2n) is 5.88. The van der Waals surface area contributed by atoms with E-state index in [9.17, 15) is 14.9 Å². The summed E-state index contributed by atoms with van der Waals surface area (Å²) in [7, 11) is 0. The second-order valence-corrected chi connectivity index (χ2v) is 5.88. The summed E-state index contributed by atoms with van der Waals surface area (Å²) in [6.07, 6.45) is 5.37. The summed E-state index contributed by atoms with van der Waals surface area (Å²) in [6, 6.07) is 13.5. The minimum absolute atomic E-state index is 0.0801. The summed E-state index contributed by atoms with van der Waals surface area (Å²) < 4.78 is 0. The number of nitro benzene ring substituents is 1. The molecule has 7 heteroatoms. The van der Waals surface area contributed by atoms with Crippen molar-refractivity contribution in [2.75, 3.05) is 36.4 Å². The first-order chi connectivity index (χ1) is 12.6. The number of carbonyl (C=O) groups excluding carboxylic acids is 1. The molecular formula is C19H18N4O3. The van der Waals surface area contributed by atoms with Crippen LogP contribution in [0.1, 0.15) is 5.56 Å². The molecule has 7 nitrogen and oxygen atoms in total. The molecule has 132 valence electrons. The number of benzene rings is 2. The Hall–Kier alpha value is -3.53. The lowest BCUT2D eigenvalue weighted by molar-refractivity contribution is -0.384. The summed E-state index contributed by atoms with van der Waals surface area (Å²) in [6.45, 7) is 2.02. The Balaban J connectivity index is 1.62. The highest BCUT2D eigenvalue weighted by molar-refractivity contribution is 5.89. The highest BCUT2D eigenvalue weighted by Gasteiger charge is 2.25. The molecule has 1 saturated heterocycles. The van der Waals surface area contributed by atoms with E-state index < -0.39 is 0 Å². The van der Waals surface area contributed by atoms with Gasteiger partial charge in [0.2, 0.25) is 0 Å². The molecule has 0 bridgehead atoms. The van der Waals surface area contributed by atoms with Crippen molar-refractivity contribution in [3.05, 3.63) is 64.2 Å². The fourth-order valence-electron chi connectivity index (χ4n) is 2.93. The predicted octanol–water partition coefficient (Wildman–Crippen LogP) is 2.93. The van der Waals surface area contributed by atoms with E-state index in [0.717, 1.165) is 0 Å². The normalized spacial score (nSPS) is 13.8. The fraction of sp³-hybridized carbons (Fsp3) is 0.211. The number of rotatable bonds is 3. The monoisotopic (exact) mass is 350 g/mol. The van der Waals surface area contributed by atoms with Crippen molar-refractivity contribution in [1.82, 2.24) is 4.90 Å². The van der Waals surface area contributed by atoms with Crippen LogP contribution in [0.2, 0.25) is 0 Å². The predicted molar refractivity (Wildman–Crippen MR) is 100 cm³/mol. The van der Waals surface area contributed by atoms with Gasteiger partial charge in [-0.05, 0) is 24.3 Å². The molecule has 2 aromatic rings. The number of nitrogens with one attached hydrogen (secondary N) is 1. The third-order valence-electron chi connectivity index (χ3n) is 4.27. The summed E-state index contributed by atoms with van der Waals surface area (Å²) in [4.78, 5) is 26.8. The summed E-state index contributed by atoms with van der Waals surface area (Å²) >= 11 is 0. The van der Waals surface area contributed by atoms with E-state index in [4.69, 9.17) is 6.42 Å². The van der Waals surface area contributed by atoms with Crippen LogP contribution < -0.4 is 10.2 Å². The quantitative estimate of drug-likeness (QED) is 0.524. The average Bonchev–Trinajstić information content (AvgIpc) is 2.68. The van der Waals surface area contributed by atoms with E-state index in [2.05, 4.69) is 11.2 Å². The highest BCUT2D eigenvalue weighted by atomic mass is 16.6. The number of carbonyl (C=O) groups is 1. The topological polar surface area (TPSA) is 78.7 Å². The largest absolute Gasteiger partial charge is 0.362 e. The summed E-state index contributed by atoms with van der Waals surface area (Å²) in [5.41, 5.74) is 2.01. The molecule has 0 aromatic heterocycles. The molecule has 0 saturated carbocycles. The van der Waals surface area contributed by atoms with Gasteiger partial charge in [-0.1, -0.05) is 24.1 Å². The van der Waals surface area contributed by atoms with Crippen molar-refractivity contribution in [3.63, 3.8) is 0 Å². The molecule has 0 spiro atoms. The van der Waals surface area contributed by atoms with Crippen molar-refractivity contribution in [3.8, 4) is 12.3 Å². The van der Waals surface area contributed by atoms with Gasteiger partial charge < -0.3 is 15.1 Å². The van der Waals surface area contributed by atoms with Crippen LogP contribution in [0.4, 0.5) is 21.9 Å². The molecule has 0 atom stereocenters. The Bertz CT molecular complexity index is 867. The molecule has 0 aliphatic carbocycles. The van der Waals surface area contributed by atoms with Gasteiger partial charge in [0, 0.05) is 43.5 Å². The molecule has 26 heavy (non-hydrogen) atoms. The van der Waals surface area contributed by atoms with Gasteiger partial charge in [0.25, 0.3) is 5.69 Å². The standard InChI is InChI=1S/C19H18N4O3/c1-2-15-6-5-7-16(14-15)20-19(24)22-12-10-21(11-13-22)17-8-3-4-9-18(17)23(25)26/h1,3-9,14H,10-13H2,(H,20,24). The van der Waals surface area contributed by atoms with Gasteiger partial charge in [-0.2, -0.15) is 0 Å². The molecule has 1 fully saturated rings. The molecule has 0 unspecified atom stereocenters. The van der Waals surface area contributed by atoms with Crippen LogP contribution in [0.3, 0.4) is 0 Å². The number of nitro groups is 1. The number of urea groups is 1. The SMILES string of the molecule is C#Cc1cccc(NC(=O)N2CCN(c3ccccc3[N+](=O)[O-])CC2)c1. The van der Waals surface area contributed by atoms with Gasteiger partial charge in [-0.25, -0.2) is 4.79 Å². The van der Waals surface area contributed by atoms with Crippen LogP contribution >= 0.6 is 0 Å². The van der Waals surface area contributed by atoms with Crippen LogP contribution in [0.25, 0.3) is 0 Å². The number of hydrogen-bond donors (Lipinski definition) is 1. The number of anilines is 2. The summed E-state index contributed by atoms with van der Waals surface area (Å²) in [5.74, 6) is 2.53. The zero-order valence-electron chi connectivity index (χ0n) is 14.1. The Kier molecular flexibility index (Phi) is 5.04. The maximum absolute atomic E-state index is 12.4. The van der Waals surface area contributed by atoms with Gasteiger partial charge in [0.1, 0.15) is 5.69 Å². The molecule has 0 radical (unpaired) electrons. The minimum Gasteiger partial charge on any atom is -0.362 e. The Labute approximate surface area is 151 Å². The molecule has 2 amide bonds. The van der Waals surface area contributed by atoms with Gasteiger partial charge in [0.15, 0.2) is 0 Å². The van der Waals surface area contributed by atoms with Crippen LogP contribution in [0, 0.1) is 22.5 Å². The lowest BCUT2D eigenvalue weighted by atomic mass is 10.2. The van der Waals surface area contributed by atoms with Crippen molar-refractivity contribution in [1.29, 1.82) is 0 Å². The number of amides is 2. The van der Waals surface area contributed by atoms with E-state index in [1.807, 2.05) is 4.90 Å². The second kappa shape index (κ2) is 7.57. The van der Waals surface area contributed by atoms with Gasteiger partial charge in [0.05, 0.1) is 4.92 Å². The van der Waals surface area contributed by atoms with Crippen LogP contribution in [0.5, 0.6) is 0 Å². The zero-order chi connectivity index (χ0) is 18.5. The molecule has 3 rings (SSSR count). The molecule has 2 aromatic carbocycles. The molecule has 1 N–H and O–H groups in total. The number of piperazine rings is 1. The van der Waals surface area contributed by atoms with Gasteiger partial charge >= 0.3 is 6.03 Å². The van der Waals surface area contributed by atoms with E-state index in [1.165, 1.54) is 6.07 Å². The molecule has 1 aliphatic heterocycles. The first-order valence-corrected chi connectivity index (χ1v) is 8.19. The Morgan fingerprint density at radius 2 is 1.85 bits per heavy atom. The lowest BCUT2D eigenvalue weighted by Crippen LogP contribution is -2.50. The molecular weight excluding hydrogens is 332 g/mol. The first-order valence-electron chi connectivity index (χ1n) is 8.19. The van der Waals surface area contributed by atoms with E-state index in [1.54, 1.807) is 47.4 Å². The van der Waals surface area contributed by atoms with Crippen molar-refractivity contribution < 1.29 is 9.72 Å². The Morgan fingerprint density at radius 3 is 2.54 bits per heavy atom. The lowest BCUT2D eigenvalue weighted by Gasteiger charge is -2.35. The molecule has 1 aliphatic rings. The summed E-state index contributed by atoms with van der Waals surface area (Å²) in [5, 5.41) is 14.0. The van der Waals surface area contributed by atoms with Crippen LogP contribution in [-0.4, -0.2) is 42.0 Å². The third kappa shape index (κ3) is 3.75. The third-order valence-corrected chi connectivity index (χ3v) is 4.27. The van der Waals surface area contributed by atoms with Gasteiger partial charge in [-0.3, -0.25) is 10.1 Å². The smallest absolute Gasteiger partial charge is 0.321 e. The number of hydrogen-bond acceptors (Lipinski definition) is 4. The maximum Gasteiger partial charge on any atom is 0.321 e. The average molecular weight is 350 g/mol. The van der Waals surface area contributed by atoms with Gasteiger partial charge in [-0.15, -0.1) is 6.42 Å². The van der Waals surface area contributed by atoms with E-state index >= 15 is 0 Å². The van der Waals surface area contributed by atoms with Crippen molar-refractivity contribution in [2.24, 2.45) is 0 Å². The van der Waals surface area contributed by atoms with E-state index in [-0.39, 0.29) is 16.6 Å². The molecule has 1 heterocycles. The van der Waals surface area contributed by atoms with Crippen molar-refractivity contribution in [2.45, 2.75) is 0 Å². The van der Waals surface area contributed by atoms with E-state index in [0.29, 0.717) is 43.1 Å². The van der Waals surface area contributed by atoms with Crippen LogP contribution in [-0.2, 0) is 0 Å². The fourth-order valence-corrected chi connectivity index (χ4v) is 2.93. The number of nitrogens with zero attached hydrogens (tertiary/aromatic N) is 3. The number of para-hydroxylation sites is 2. The highest BCUT2D eigenvalue weighted by Crippen LogP contribution is 2.28. The minimum atomic E-state index is -0.382. The van der Waals surface area contributed by atoms with Crippen LogP contribution in [0.15, 0.2) is 48.5 Å².